The Morgan fingerprint density at radius 1 is 1.38 bits per heavy atom. The van der Waals surface area contributed by atoms with Gasteiger partial charge in [0.15, 0.2) is 0 Å². The smallest absolute Gasteiger partial charge is 0.0987 e. The summed E-state index contributed by atoms with van der Waals surface area (Å²) >= 11 is 1.70. The predicted octanol–water partition coefficient (Wildman–Crippen LogP) is 4.17. The average molecular weight is 238 g/mol. The van der Waals surface area contributed by atoms with Crippen LogP contribution in [-0.2, 0) is 5.60 Å². The zero-order valence-electron chi connectivity index (χ0n) is 10.3. The second kappa shape index (κ2) is 4.89. The molecule has 0 aliphatic heterocycles. The molecule has 0 radical (unpaired) electrons. The van der Waals surface area contributed by atoms with Crippen molar-refractivity contribution in [3.8, 4) is 0 Å². The van der Waals surface area contributed by atoms with Crippen molar-refractivity contribution in [1.29, 1.82) is 0 Å². The topological polar surface area (TPSA) is 20.2 Å². The first-order valence-corrected chi connectivity index (χ1v) is 7.26. The van der Waals surface area contributed by atoms with Gasteiger partial charge < -0.3 is 5.11 Å². The zero-order chi connectivity index (χ0) is 11.6. The number of hydrogen-bond donors (Lipinski definition) is 1. The van der Waals surface area contributed by atoms with Crippen molar-refractivity contribution < 1.29 is 5.11 Å². The lowest BCUT2D eigenvalue weighted by molar-refractivity contribution is 0.0227. The summed E-state index contributed by atoms with van der Waals surface area (Å²) in [6.45, 7) is 4.61. The van der Waals surface area contributed by atoms with Crippen LogP contribution >= 0.6 is 11.3 Å². The molecule has 1 N–H and O–H groups in total. The molecule has 1 aromatic rings. The van der Waals surface area contributed by atoms with Crippen LogP contribution < -0.4 is 0 Å². The van der Waals surface area contributed by atoms with Crippen LogP contribution in [0.1, 0.15) is 50.8 Å². The minimum atomic E-state index is -0.530. The fourth-order valence-corrected chi connectivity index (χ4v) is 3.69. The van der Waals surface area contributed by atoms with Gasteiger partial charge in [0.25, 0.3) is 0 Å². The molecular formula is C14H22OS. The maximum Gasteiger partial charge on any atom is 0.0987 e. The van der Waals surface area contributed by atoms with E-state index in [9.17, 15) is 5.11 Å². The fraction of sp³-hybridized carbons (Fsp3) is 0.714. The first kappa shape index (κ1) is 12.1. The lowest BCUT2D eigenvalue weighted by Crippen LogP contribution is -2.23. The Bertz CT molecular complexity index is 317. The van der Waals surface area contributed by atoms with Crippen LogP contribution in [0.4, 0.5) is 0 Å². The van der Waals surface area contributed by atoms with Gasteiger partial charge in [-0.2, -0.15) is 0 Å². The van der Waals surface area contributed by atoms with Gasteiger partial charge in [0.1, 0.15) is 0 Å². The third-order valence-electron chi connectivity index (χ3n) is 4.02. The van der Waals surface area contributed by atoms with Crippen LogP contribution in [0.2, 0.25) is 0 Å². The molecule has 2 heteroatoms. The van der Waals surface area contributed by atoms with Gasteiger partial charge in [-0.3, -0.25) is 0 Å². The highest BCUT2D eigenvalue weighted by molar-refractivity contribution is 7.10. The second-order valence-electron chi connectivity index (χ2n) is 5.44. The highest BCUT2D eigenvalue weighted by Gasteiger charge is 2.33. The normalized spacial score (nSPS) is 31.6. The molecule has 0 bridgehead atoms. The van der Waals surface area contributed by atoms with E-state index in [0.717, 1.165) is 36.0 Å². The summed E-state index contributed by atoms with van der Waals surface area (Å²) in [7, 11) is 0. The van der Waals surface area contributed by atoms with E-state index in [1.54, 1.807) is 11.3 Å². The molecule has 1 aliphatic carbocycles. The quantitative estimate of drug-likeness (QED) is 0.767. The van der Waals surface area contributed by atoms with Gasteiger partial charge in [0.2, 0.25) is 0 Å². The van der Waals surface area contributed by atoms with Crippen molar-refractivity contribution in [2.24, 2.45) is 11.8 Å². The van der Waals surface area contributed by atoms with Crippen LogP contribution in [0.25, 0.3) is 0 Å². The van der Waals surface area contributed by atoms with E-state index in [1.165, 1.54) is 12.8 Å². The maximum absolute atomic E-state index is 10.7. The van der Waals surface area contributed by atoms with Crippen LogP contribution in [0.5, 0.6) is 0 Å². The number of aliphatic hydroxyl groups is 1. The maximum atomic E-state index is 10.7. The van der Waals surface area contributed by atoms with Crippen LogP contribution in [0.15, 0.2) is 17.5 Å². The summed E-state index contributed by atoms with van der Waals surface area (Å²) < 4.78 is 0. The summed E-state index contributed by atoms with van der Waals surface area (Å²) in [4.78, 5) is 1.16. The molecular weight excluding hydrogens is 216 g/mol. The van der Waals surface area contributed by atoms with Gasteiger partial charge in [-0.05, 0) is 49.0 Å². The Kier molecular flexibility index (Phi) is 3.70. The lowest BCUT2D eigenvalue weighted by atomic mass is 9.87. The number of hydrogen-bond acceptors (Lipinski definition) is 2. The lowest BCUT2D eigenvalue weighted by Gasteiger charge is -2.25. The molecule has 0 spiro atoms. The minimum absolute atomic E-state index is 0.530. The van der Waals surface area contributed by atoms with Crippen molar-refractivity contribution in [3.63, 3.8) is 0 Å². The van der Waals surface area contributed by atoms with Gasteiger partial charge in [0, 0.05) is 4.88 Å². The first-order chi connectivity index (χ1) is 7.62. The van der Waals surface area contributed by atoms with E-state index in [4.69, 9.17) is 0 Å². The molecule has 1 saturated carbocycles. The Morgan fingerprint density at radius 2 is 2.19 bits per heavy atom. The Hall–Kier alpha value is -0.340. The second-order valence-corrected chi connectivity index (χ2v) is 6.39. The molecule has 2 unspecified atom stereocenters. The summed E-state index contributed by atoms with van der Waals surface area (Å²) in [6, 6.07) is 4.13. The third-order valence-corrected chi connectivity index (χ3v) is 5.08. The standard InChI is InChI=1S/C14H22OS/c1-11(2)12-5-3-8-14(15,9-7-12)13-6-4-10-16-13/h4,6,10-12,15H,3,5,7-9H2,1-2H3. The molecule has 1 aliphatic rings. The molecule has 2 atom stereocenters. The van der Waals surface area contributed by atoms with Gasteiger partial charge in [-0.25, -0.2) is 0 Å². The van der Waals surface area contributed by atoms with Crippen LogP contribution in [0, 0.1) is 11.8 Å². The Morgan fingerprint density at radius 3 is 2.81 bits per heavy atom. The van der Waals surface area contributed by atoms with E-state index >= 15 is 0 Å². The van der Waals surface area contributed by atoms with E-state index < -0.39 is 5.60 Å². The van der Waals surface area contributed by atoms with E-state index in [2.05, 4.69) is 25.3 Å². The average Bonchev–Trinajstić information content (AvgIpc) is 2.70. The molecule has 90 valence electrons. The molecule has 2 rings (SSSR count). The monoisotopic (exact) mass is 238 g/mol. The van der Waals surface area contributed by atoms with Gasteiger partial charge in [0.05, 0.1) is 5.60 Å². The third kappa shape index (κ3) is 2.49. The fourth-order valence-electron chi connectivity index (χ4n) is 2.81. The zero-order valence-corrected chi connectivity index (χ0v) is 11.1. The molecule has 0 aromatic carbocycles. The van der Waals surface area contributed by atoms with E-state index in [-0.39, 0.29) is 0 Å². The summed E-state index contributed by atoms with van der Waals surface area (Å²) in [6.07, 6.45) is 5.50. The van der Waals surface area contributed by atoms with Crippen molar-refractivity contribution in [3.05, 3.63) is 22.4 Å². The number of thiophene rings is 1. The molecule has 1 heterocycles. The Labute approximate surface area is 103 Å². The molecule has 1 aromatic heterocycles. The van der Waals surface area contributed by atoms with Crippen molar-refractivity contribution in [2.75, 3.05) is 0 Å². The van der Waals surface area contributed by atoms with E-state index in [1.807, 2.05) is 6.07 Å². The molecule has 16 heavy (non-hydrogen) atoms. The molecule has 1 fully saturated rings. The van der Waals surface area contributed by atoms with Crippen molar-refractivity contribution in [1.82, 2.24) is 0 Å². The first-order valence-electron chi connectivity index (χ1n) is 6.38. The van der Waals surface area contributed by atoms with Gasteiger partial charge >= 0.3 is 0 Å². The summed E-state index contributed by atoms with van der Waals surface area (Å²) in [5.74, 6) is 1.56. The van der Waals surface area contributed by atoms with Crippen molar-refractivity contribution >= 4 is 11.3 Å². The SMILES string of the molecule is CC(C)C1CCCC(O)(c2cccs2)CC1. The molecule has 1 nitrogen and oxygen atoms in total. The van der Waals surface area contributed by atoms with Gasteiger partial charge in [-0.15, -0.1) is 11.3 Å². The van der Waals surface area contributed by atoms with Crippen molar-refractivity contribution in [2.45, 2.75) is 51.6 Å². The highest BCUT2D eigenvalue weighted by atomic mass is 32.1. The summed E-state index contributed by atoms with van der Waals surface area (Å²) in [5.41, 5.74) is -0.530. The van der Waals surface area contributed by atoms with E-state index in [0.29, 0.717) is 0 Å². The molecule has 0 amide bonds. The summed E-state index contributed by atoms with van der Waals surface area (Å²) in [5, 5.41) is 12.8. The highest BCUT2D eigenvalue weighted by Crippen LogP contribution is 2.41. The number of rotatable bonds is 2. The Balaban J connectivity index is 2.08. The van der Waals surface area contributed by atoms with Gasteiger partial charge in [-0.1, -0.05) is 26.3 Å². The molecule has 0 saturated heterocycles. The van der Waals surface area contributed by atoms with Crippen LogP contribution in [-0.4, -0.2) is 5.11 Å². The van der Waals surface area contributed by atoms with Crippen LogP contribution in [0.3, 0.4) is 0 Å². The minimum Gasteiger partial charge on any atom is -0.384 e. The largest absolute Gasteiger partial charge is 0.384 e. The predicted molar refractivity (Wildman–Crippen MR) is 69.6 cm³/mol.